The number of pyridine rings is 1. The molecule has 0 unspecified atom stereocenters. The van der Waals surface area contributed by atoms with E-state index in [4.69, 9.17) is 4.74 Å². The Balaban J connectivity index is 1.33. The highest BCUT2D eigenvalue weighted by Crippen LogP contribution is 2.22. The van der Waals surface area contributed by atoms with Crippen LogP contribution in [-0.4, -0.2) is 28.3 Å². The first kappa shape index (κ1) is 18.2. The fraction of sp³-hybridized carbons (Fsp3) is 0.400. The monoisotopic (exact) mass is 355 g/mol. The lowest BCUT2D eigenvalue weighted by atomic mass is 9.93. The van der Waals surface area contributed by atoms with Crippen molar-refractivity contribution in [1.29, 1.82) is 0 Å². The quantitative estimate of drug-likeness (QED) is 0.743. The van der Waals surface area contributed by atoms with Gasteiger partial charge in [-0.15, -0.1) is 0 Å². The molecule has 6 heteroatoms. The minimum Gasteiger partial charge on any atom is -0.508 e. The van der Waals surface area contributed by atoms with Gasteiger partial charge in [-0.3, -0.25) is 4.98 Å². The van der Waals surface area contributed by atoms with E-state index < -0.39 is 0 Å². The molecule has 1 aliphatic rings. The van der Waals surface area contributed by atoms with Gasteiger partial charge in [0, 0.05) is 25.0 Å². The molecule has 3 N–H and O–H groups in total. The molecule has 0 spiro atoms. The zero-order valence-electron chi connectivity index (χ0n) is 14.7. The zero-order chi connectivity index (χ0) is 18.2. The van der Waals surface area contributed by atoms with E-state index in [2.05, 4.69) is 15.6 Å². The van der Waals surface area contributed by atoms with Gasteiger partial charge in [-0.1, -0.05) is 18.2 Å². The summed E-state index contributed by atoms with van der Waals surface area (Å²) < 4.78 is 5.95. The van der Waals surface area contributed by atoms with Crippen LogP contribution in [0, 0.1) is 0 Å². The second kappa shape index (κ2) is 9.20. The van der Waals surface area contributed by atoms with E-state index in [0.29, 0.717) is 13.2 Å². The van der Waals surface area contributed by atoms with E-state index in [1.165, 1.54) is 0 Å². The van der Waals surface area contributed by atoms with Crippen molar-refractivity contribution >= 4 is 6.03 Å². The summed E-state index contributed by atoms with van der Waals surface area (Å²) in [4.78, 5) is 16.1. The summed E-state index contributed by atoms with van der Waals surface area (Å²) in [6.45, 7) is 1.03. The third kappa shape index (κ3) is 5.74. The number of benzene rings is 1. The average Bonchev–Trinajstić information content (AvgIpc) is 2.68. The summed E-state index contributed by atoms with van der Waals surface area (Å²) in [5, 5.41) is 15.1. The molecular formula is C20H25N3O3. The average molecular weight is 355 g/mol. The number of phenols is 1. The predicted octanol–water partition coefficient (Wildman–Crippen LogP) is 3.11. The number of carbonyl (C=O) groups is 1. The number of hydrogen-bond acceptors (Lipinski definition) is 4. The number of phenolic OH excluding ortho intramolecular Hbond substituents is 1. The Labute approximate surface area is 153 Å². The molecule has 0 bridgehead atoms. The standard InChI is InChI=1S/C20H25N3O3/c24-18-7-3-15(4-8-18)13-22-20(25)23-17-5-9-19(10-6-17)26-14-16-2-1-11-21-12-16/h1-4,7-8,11-12,17,19,24H,5-6,9-10,13-14H2,(H2,22,23,25). The minimum absolute atomic E-state index is 0.155. The topological polar surface area (TPSA) is 83.5 Å². The van der Waals surface area contributed by atoms with Gasteiger partial charge in [0.25, 0.3) is 0 Å². The van der Waals surface area contributed by atoms with Crippen molar-refractivity contribution in [2.75, 3.05) is 0 Å². The maximum atomic E-state index is 12.0. The number of aromatic nitrogens is 1. The molecule has 3 rings (SSSR count). The summed E-state index contributed by atoms with van der Waals surface area (Å²) in [5.41, 5.74) is 2.03. The van der Waals surface area contributed by atoms with Gasteiger partial charge >= 0.3 is 6.03 Å². The van der Waals surface area contributed by atoms with Gasteiger partial charge in [0.05, 0.1) is 12.7 Å². The summed E-state index contributed by atoms with van der Waals surface area (Å²) in [5.74, 6) is 0.223. The van der Waals surface area contributed by atoms with Gasteiger partial charge in [0.15, 0.2) is 0 Å². The van der Waals surface area contributed by atoms with Crippen LogP contribution in [0.15, 0.2) is 48.8 Å². The lowest BCUT2D eigenvalue weighted by Gasteiger charge is -2.29. The van der Waals surface area contributed by atoms with Crippen molar-refractivity contribution < 1.29 is 14.6 Å². The molecule has 0 aliphatic heterocycles. The second-order valence-electron chi connectivity index (χ2n) is 6.64. The molecule has 0 atom stereocenters. The van der Waals surface area contributed by atoms with Crippen LogP contribution in [0.2, 0.25) is 0 Å². The molecule has 0 saturated heterocycles. The normalized spacial score (nSPS) is 19.7. The van der Waals surface area contributed by atoms with Crippen molar-refractivity contribution in [3.8, 4) is 5.75 Å². The number of ether oxygens (including phenoxy) is 1. The Morgan fingerprint density at radius 2 is 1.88 bits per heavy atom. The smallest absolute Gasteiger partial charge is 0.315 e. The van der Waals surface area contributed by atoms with Crippen molar-refractivity contribution in [2.24, 2.45) is 0 Å². The Morgan fingerprint density at radius 1 is 1.12 bits per heavy atom. The van der Waals surface area contributed by atoms with Crippen LogP contribution in [0.4, 0.5) is 4.79 Å². The lowest BCUT2D eigenvalue weighted by molar-refractivity contribution is 0.0119. The number of rotatable bonds is 6. The van der Waals surface area contributed by atoms with Gasteiger partial charge in [-0.25, -0.2) is 4.79 Å². The van der Waals surface area contributed by atoms with Crippen LogP contribution in [0.3, 0.4) is 0 Å². The Morgan fingerprint density at radius 3 is 2.58 bits per heavy atom. The highest BCUT2D eigenvalue weighted by atomic mass is 16.5. The molecule has 1 aliphatic carbocycles. The van der Waals surface area contributed by atoms with Gasteiger partial charge in [0.2, 0.25) is 0 Å². The Kier molecular flexibility index (Phi) is 6.44. The van der Waals surface area contributed by atoms with Crippen LogP contribution in [0.1, 0.15) is 36.8 Å². The number of urea groups is 1. The van der Waals surface area contributed by atoms with Crippen LogP contribution in [-0.2, 0) is 17.9 Å². The van der Waals surface area contributed by atoms with Crippen molar-refractivity contribution in [3.63, 3.8) is 0 Å². The number of hydrogen-bond donors (Lipinski definition) is 3. The van der Waals surface area contributed by atoms with Crippen molar-refractivity contribution in [3.05, 3.63) is 59.9 Å². The van der Waals surface area contributed by atoms with Crippen LogP contribution < -0.4 is 10.6 Å². The van der Waals surface area contributed by atoms with E-state index in [9.17, 15) is 9.90 Å². The molecular weight excluding hydrogens is 330 g/mol. The molecule has 2 amide bonds. The van der Waals surface area contributed by atoms with E-state index in [1.807, 2.05) is 18.3 Å². The molecule has 138 valence electrons. The minimum atomic E-state index is -0.155. The predicted molar refractivity (Wildman–Crippen MR) is 98.5 cm³/mol. The Bertz CT molecular complexity index is 683. The van der Waals surface area contributed by atoms with Gasteiger partial charge in [-0.2, -0.15) is 0 Å². The van der Waals surface area contributed by atoms with E-state index in [0.717, 1.165) is 36.8 Å². The fourth-order valence-corrected chi connectivity index (χ4v) is 3.10. The summed E-state index contributed by atoms with van der Waals surface area (Å²) in [6.07, 6.45) is 7.56. The number of amides is 2. The first-order valence-corrected chi connectivity index (χ1v) is 9.02. The molecule has 1 saturated carbocycles. The third-order valence-electron chi connectivity index (χ3n) is 4.61. The second-order valence-corrected chi connectivity index (χ2v) is 6.64. The largest absolute Gasteiger partial charge is 0.508 e. The molecule has 1 aromatic carbocycles. The van der Waals surface area contributed by atoms with E-state index in [-0.39, 0.29) is 23.9 Å². The highest BCUT2D eigenvalue weighted by Gasteiger charge is 2.22. The van der Waals surface area contributed by atoms with E-state index >= 15 is 0 Å². The summed E-state index contributed by atoms with van der Waals surface area (Å²) in [7, 11) is 0. The zero-order valence-corrected chi connectivity index (χ0v) is 14.7. The first-order chi connectivity index (χ1) is 12.7. The maximum absolute atomic E-state index is 12.0. The molecule has 6 nitrogen and oxygen atoms in total. The molecule has 26 heavy (non-hydrogen) atoms. The van der Waals surface area contributed by atoms with Gasteiger partial charge in [0.1, 0.15) is 5.75 Å². The molecule has 0 radical (unpaired) electrons. The summed E-state index contributed by atoms with van der Waals surface area (Å²) in [6, 6.07) is 10.8. The van der Waals surface area contributed by atoms with Crippen molar-refractivity contribution in [1.82, 2.24) is 15.6 Å². The fourth-order valence-electron chi connectivity index (χ4n) is 3.10. The van der Waals surface area contributed by atoms with Gasteiger partial charge in [-0.05, 0) is 55.0 Å². The number of carbonyl (C=O) groups excluding carboxylic acids is 1. The molecule has 2 aromatic rings. The van der Waals surface area contributed by atoms with Crippen LogP contribution in [0.25, 0.3) is 0 Å². The molecule has 1 fully saturated rings. The lowest BCUT2D eigenvalue weighted by Crippen LogP contribution is -2.44. The first-order valence-electron chi connectivity index (χ1n) is 9.02. The molecule has 1 aromatic heterocycles. The number of aromatic hydroxyl groups is 1. The highest BCUT2D eigenvalue weighted by molar-refractivity contribution is 5.74. The summed E-state index contributed by atoms with van der Waals surface area (Å²) >= 11 is 0. The molecule has 1 heterocycles. The van der Waals surface area contributed by atoms with Crippen LogP contribution in [0.5, 0.6) is 5.75 Å². The van der Waals surface area contributed by atoms with E-state index in [1.54, 1.807) is 30.5 Å². The van der Waals surface area contributed by atoms with Crippen molar-refractivity contribution in [2.45, 2.75) is 51.0 Å². The number of nitrogens with zero attached hydrogens (tertiary/aromatic N) is 1. The third-order valence-corrected chi connectivity index (χ3v) is 4.61. The number of nitrogens with one attached hydrogen (secondary N) is 2. The SMILES string of the molecule is O=C(NCc1ccc(O)cc1)NC1CCC(OCc2cccnc2)CC1. The van der Waals surface area contributed by atoms with Crippen LogP contribution >= 0.6 is 0 Å². The maximum Gasteiger partial charge on any atom is 0.315 e. The Hall–Kier alpha value is -2.60. The van der Waals surface area contributed by atoms with Gasteiger partial charge < -0.3 is 20.5 Å².